The highest BCUT2D eigenvalue weighted by Gasteiger charge is 2.29. The molecule has 1 rings (SSSR count). The van der Waals surface area contributed by atoms with Crippen LogP contribution in [0.2, 0.25) is 0 Å². The molecule has 0 saturated heterocycles. The van der Waals surface area contributed by atoms with E-state index >= 15 is 0 Å². The largest absolute Gasteiger partial charge is 0.444 e. The van der Waals surface area contributed by atoms with Crippen molar-refractivity contribution in [3.05, 3.63) is 30.1 Å². The van der Waals surface area contributed by atoms with Crippen molar-refractivity contribution in [1.29, 1.82) is 0 Å². The van der Waals surface area contributed by atoms with E-state index in [2.05, 4.69) is 29.9 Å². The molecule has 1 aromatic heterocycles. The number of amides is 1. The van der Waals surface area contributed by atoms with Gasteiger partial charge in [0.25, 0.3) is 0 Å². The lowest BCUT2D eigenvalue weighted by atomic mass is 9.82. The van der Waals surface area contributed by atoms with E-state index in [9.17, 15) is 4.79 Å². The summed E-state index contributed by atoms with van der Waals surface area (Å²) in [7, 11) is 0. The Labute approximate surface area is 165 Å². The van der Waals surface area contributed by atoms with Gasteiger partial charge in [-0.25, -0.2) is 4.79 Å². The summed E-state index contributed by atoms with van der Waals surface area (Å²) in [5, 5.41) is 4.19. The normalized spacial score (nSPS) is 12.5. The van der Waals surface area contributed by atoms with Crippen molar-refractivity contribution in [1.82, 2.24) is 9.88 Å². The van der Waals surface area contributed by atoms with E-state index in [1.807, 2.05) is 59.7 Å². The van der Waals surface area contributed by atoms with Crippen LogP contribution in [0.25, 0.3) is 0 Å². The molecule has 0 fully saturated rings. The van der Waals surface area contributed by atoms with Crippen molar-refractivity contribution in [2.75, 3.05) is 19.6 Å². The molecule has 6 nitrogen and oxygen atoms in total. The number of ether oxygens (including phenoxy) is 1. The maximum absolute atomic E-state index is 12.2. The molecule has 0 radical (unpaired) electrons. The molecule has 0 spiro atoms. The highest BCUT2D eigenvalue weighted by Crippen LogP contribution is 2.25. The van der Waals surface area contributed by atoms with Crippen molar-refractivity contribution in [2.45, 2.75) is 65.9 Å². The van der Waals surface area contributed by atoms with Gasteiger partial charge < -0.3 is 15.4 Å². The fourth-order valence-corrected chi connectivity index (χ4v) is 2.14. The zero-order chi connectivity index (χ0) is 20.8. The number of carbonyl (C=O) groups is 1. The molecule has 7 heteroatoms. The van der Waals surface area contributed by atoms with Crippen LogP contribution in [0.1, 0.15) is 60.6 Å². The van der Waals surface area contributed by atoms with Crippen LogP contribution in [0, 0.1) is 0 Å². The summed E-state index contributed by atoms with van der Waals surface area (Å²) in [6, 6.07) is 5.83. The second kappa shape index (κ2) is 13.8. The van der Waals surface area contributed by atoms with Crippen LogP contribution in [0.15, 0.2) is 24.4 Å². The number of rotatable bonds is 6. The number of nitrogens with zero attached hydrogens (tertiary/aromatic N) is 2. The maximum atomic E-state index is 12.2. The Morgan fingerprint density at radius 1 is 1.23 bits per heavy atom. The molecule has 152 valence electrons. The van der Waals surface area contributed by atoms with Crippen LogP contribution >= 0.6 is 12.8 Å². The SMILES string of the molecule is CC.CCN(CCC(C)(CN)c1ccccn1)C(=O)OC(C)(C)C.NS. The van der Waals surface area contributed by atoms with Crippen LogP contribution in [0.3, 0.4) is 0 Å². The van der Waals surface area contributed by atoms with Crippen LogP contribution in [0.5, 0.6) is 0 Å². The number of pyridine rings is 1. The van der Waals surface area contributed by atoms with E-state index in [0.29, 0.717) is 19.6 Å². The summed E-state index contributed by atoms with van der Waals surface area (Å²) in [5.41, 5.74) is 6.19. The third-order valence-corrected chi connectivity index (χ3v) is 3.70. The molecule has 0 aliphatic carbocycles. The number of hydrogen-bond donors (Lipinski definition) is 3. The number of aromatic nitrogens is 1. The van der Waals surface area contributed by atoms with Gasteiger partial charge in [-0.2, -0.15) is 0 Å². The van der Waals surface area contributed by atoms with Crippen LogP contribution in [0.4, 0.5) is 4.79 Å². The Bertz CT molecular complexity index is 480. The van der Waals surface area contributed by atoms with Crippen LogP contribution in [-0.2, 0) is 10.2 Å². The lowest BCUT2D eigenvalue weighted by Crippen LogP contribution is -2.41. The molecule has 1 aromatic rings. The number of carbonyl (C=O) groups excluding carboxylic acids is 1. The lowest BCUT2D eigenvalue weighted by Gasteiger charge is -2.32. The van der Waals surface area contributed by atoms with E-state index < -0.39 is 5.60 Å². The van der Waals surface area contributed by atoms with Crippen molar-refractivity contribution >= 4 is 18.9 Å². The average Bonchev–Trinajstić information content (AvgIpc) is 2.64. The molecule has 0 bridgehead atoms. The first-order valence-electron chi connectivity index (χ1n) is 9.07. The molecule has 0 aliphatic rings. The molecular formula is C19H38N4O2S. The molecule has 0 saturated carbocycles. The van der Waals surface area contributed by atoms with Gasteiger partial charge in [0, 0.05) is 36.9 Å². The zero-order valence-corrected chi connectivity index (χ0v) is 18.3. The van der Waals surface area contributed by atoms with Crippen molar-refractivity contribution < 1.29 is 9.53 Å². The predicted octanol–water partition coefficient (Wildman–Crippen LogP) is 3.76. The van der Waals surface area contributed by atoms with Gasteiger partial charge >= 0.3 is 6.09 Å². The highest BCUT2D eigenvalue weighted by atomic mass is 32.1. The minimum atomic E-state index is -0.483. The zero-order valence-electron chi connectivity index (χ0n) is 17.5. The van der Waals surface area contributed by atoms with Crippen molar-refractivity contribution in [3.8, 4) is 0 Å². The number of thiol groups is 1. The molecule has 0 aliphatic heterocycles. The summed E-state index contributed by atoms with van der Waals surface area (Å²) < 4.78 is 5.44. The van der Waals surface area contributed by atoms with Crippen molar-refractivity contribution in [3.63, 3.8) is 0 Å². The van der Waals surface area contributed by atoms with Gasteiger partial charge in [0.1, 0.15) is 5.60 Å². The van der Waals surface area contributed by atoms with E-state index in [1.54, 1.807) is 11.1 Å². The smallest absolute Gasteiger partial charge is 0.410 e. The molecule has 0 aromatic carbocycles. The second-order valence-electron chi connectivity index (χ2n) is 6.79. The maximum Gasteiger partial charge on any atom is 0.410 e. The van der Waals surface area contributed by atoms with Gasteiger partial charge in [-0.3, -0.25) is 10.1 Å². The van der Waals surface area contributed by atoms with E-state index in [0.717, 1.165) is 12.1 Å². The Kier molecular flexibility index (Phi) is 14.3. The summed E-state index contributed by atoms with van der Waals surface area (Å²) in [4.78, 5) is 18.3. The fraction of sp³-hybridized carbons (Fsp3) is 0.684. The molecule has 1 amide bonds. The first-order chi connectivity index (χ1) is 12.2. The van der Waals surface area contributed by atoms with Gasteiger partial charge in [-0.05, 0) is 46.2 Å². The summed E-state index contributed by atoms with van der Waals surface area (Å²) >= 11 is 3.03. The van der Waals surface area contributed by atoms with Crippen LogP contribution < -0.4 is 10.9 Å². The monoisotopic (exact) mass is 386 g/mol. The quantitative estimate of drug-likeness (QED) is 0.647. The van der Waals surface area contributed by atoms with E-state index in [1.165, 1.54) is 0 Å². The van der Waals surface area contributed by atoms with Crippen LogP contribution in [-0.4, -0.2) is 41.2 Å². The third-order valence-electron chi connectivity index (χ3n) is 3.70. The minimum Gasteiger partial charge on any atom is -0.444 e. The Morgan fingerprint density at radius 2 is 1.81 bits per heavy atom. The number of nitrogens with two attached hydrogens (primary N) is 2. The molecule has 4 N–H and O–H groups in total. The first kappa shape index (κ1) is 26.9. The molecular weight excluding hydrogens is 348 g/mol. The molecule has 1 atom stereocenters. The van der Waals surface area contributed by atoms with E-state index in [4.69, 9.17) is 10.5 Å². The Morgan fingerprint density at radius 3 is 2.19 bits per heavy atom. The average molecular weight is 387 g/mol. The standard InChI is InChI=1S/C17H29N3O2.C2H6.H3NS/c1-6-20(15(21)22-16(2,3)4)12-10-17(5,13-18)14-9-7-8-11-19-14;2*1-2/h7-9,11H,6,10,12-13,18H2,1-5H3;1-2H3;2H,1H2. The summed E-state index contributed by atoms with van der Waals surface area (Å²) in [5.74, 6) is 0. The van der Waals surface area contributed by atoms with Gasteiger partial charge in [0.2, 0.25) is 0 Å². The lowest BCUT2D eigenvalue weighted by molar-refractivity contribution is 0.0248. The number of hydrogen-bond acceptors (Lipinski definition) is 6. The fourth-order valence-electron chi connectivity index (χ4n) is 2.14. The van der Waals surface area contributed by atoms with Gasteiger partial charge in [0.15, 0.2) is 0 Å². The molecule has 1 heterocycles. The second-order valence-corrected chi connectivity index (χ2v) is 6.79. The predicted molar refractivity (Wildman–Crippen MR) is 113 cm³/mol. The van der Waals surface area contributed by atoms with Gasteiger partial charge in [-0.15, -0.1) is 12.8 Å². The van der Waals surface area contributed by atoms with Crippen molar-refractivity contribution in [2.24, 2.45) is 10.9 Å². The summed E-state index contributed by atoms with van der Waals surface area (Å²) in [6.45, 7) is 15.3. The highest BCUT2D eigenvalue weighted by molar-refractivity contribution is 7.77. The molecule has 26 heavy (non-hydrogen) atoms. The first-order valence-corrected chi connectivity index (χ1v) is 9.59. The summed E-state index contributed by atoms with van der Waals surface area (Å²) in [6.07, 6.45) is 2.23. The Hall–Kier alpha value is -1.31. The van der Waals surface area contributed by atoms with Gasteiger partial charge in [0.05, 0.1) is 0 Å². The topological polar surface area (TPSA) is 94.5 Å². The van der Waals surface area contributed by atoms with E-state index in [-0.39, 0.29) is 11.5 Å². The Balaban J connectivity index is 0. The molecule has 1 unspecified atom stereocenters. The van der Waals surface area contributed by atoms with Gasteiger partial charge in [-0.1, -0.05) is 26.8 Å². The minimum absolute atomic E-state index is 0.253. The third kappa shape index (κ3) is 9.99.